The number of fused-ring (bicyclic) bond motifs is 1. The summed E-state index contributed by atoms with van der Waals surface area (Å²) in [6.45, 7) is 0. The predicted molar refractivity (Wildman–Crippen MR) is 115 cm³/mol. The van der Waals surface area contributed by atoms with E-state index in [2.05, 4.69) is 25.5 Å². The Hall–Kier alpha value is -3.74. The van der Waals surface area contributed by atoms with Crippen LogP contribution in [0.25, 0.3) is 10.9 Å². The molecular weight excluding hydrogens is 378 g/mol. The number of rotatable bonds is 8. The molecule has 0 aliphatic carbocycles. The molecule has 0 unspecified atom stereocenters. The van der Waals surface area contributed by atoms with Crippen molar-refractivity contribution >= 4 is 22.6 Å². The summed E-state index contributed by atoms with van der Waals surface area (Å²) in [6.07, 6.45) is 5.99. The monoisotopic (exact) mass is 401 g/mol. The quantitative estimate of drug-likeness (QED) is 0.394. The topological polar surface area (TPSA) is 104 Å². The van der Waals surface area contributed by atoms with Crippen molar-refractivity contribution in [2.45, 2.75) is 25.7 Å². The van der Waals surface area contributed by atoms with Crippen LogP contribution in [-0.4, -0.2) is 38.9 Å². The number of benzene rings is 1. The van der Waals surface area contributed by atoms with Gasteiger partial charge in [0, 0.05) is 60.1 Å². The number of aromatic amines is 2. The van der Waals surface area contributed by atoms with Crippen LogP contribution in [0.3, 0.4) is 0 Å². The second kappa shape index (κ2) is 8.73. The number of amides is 1. The molecule has 0 radical (unpaired) electrons. The largest absolute Gasteiger partial charge is 0.361 e. The van der Waals surface area contributed by atoms with Gasteiger partial charge in [-0.15, -0.1) is 0 Å². The van der Waals surface area contributed by atoms with Gasteiger partial charge in [-0.3, -0.25) is 14.7 Å². The minimum absolute atomic E-state index is 0.00294. The highest BCUT2D eigenvalue weighted by Crippen LogP contribution is 2.21. The Bertz CT molecular complexity index is 1180. The number of Topliss-reactive ketones (excluding diaryl/α,β-unsaturated/α-hetero) is 1. The van der Waals surface area contributed by atoms with Gasteiger partial charge < -0.3 is 10.3 Å². The van der Waals surface area contributed by atoms with Crippen molar-refractivity contribution in [1.29, 1.82) is 0 Å². The number of hydrogen-bond acceptors (Lipinski definition) is 4. The third kappa shape index (κ3) is 4.30. The molecule has 7 nitrogen and oxygen atoms in total. The maximum absolute atomic E-state index is 12.8. The number of hydrogen-bond donors (Lipinski definition) is 3. The fourth-order valence-corrected chi connectivity index (χ4v) is 3.59. The molecule has 7 heteroatoms. The number of pyridine rings is 1. The first-order chi connectivity index (χ1) is 14.6. The molecule has 0 fully saturated rings. The van der Waals surface area contributed by atoms with Gasteiger partial charge >= 0.3 is 0 Å². The van der Waals surface area contributed by atoms with E-state index >= 15 is 0 Å². The molecule has 1 amide bonds. The van der Waals surface area contributed by atoms with Crippen LogP contribution in [0.5, 0.6) is 0 Å². The third-order valence-corrected chi connectivity index (χ3v) is 5.13. The van der Waals surface area contributed by atoms with Gasteiger partial charge in [0.1, 0.15) is 5.69 Å². The lowest BCUT2D eigenvalue weighted by Crippen LogP contribution is -2.20. The molecule has 0 spiro atoms. The van der Waals surface area contributed by atoms with Gasteiger partial charge in [-0.2, -0.15) is 5.10 Å². The van der Waals surface area contributed by atoms with E-state index in [4.69, 9.17) is 0 Å². The van der Waals surface area contributed by atoms with Crippen LogP contribution >= 0.6 is 0 Å². The Balaban J connectivity index is 1.58. The number of nitrogens with one attached hydrogen (secondary N) is 3. The standard InChI is InChI=1S/C23H23N5O2/c1-24-23(30)21-14-16(22(29)7-3-5-17-8-11-26-28-17)13-18(27-21)12-15-4-2-6-20-19(15)9-10-25-20/h2,4,6,8-11,13-14,25H,3,5,7,12H2,1H3,(H,24,30)(H,26,28). The Morgan fingerprint density at radius 2 is 2.03 bits per heavy atom. The van der Waals surface area contributed by atoms with Gasteiger partial charge in [0.15, 0.2) is 5.78 Å². The smallest absolute Gasteiger partial charge is 0.269 e. The van der Waals surface area contributed by atoms with Crippen LogP contribution in [0, 0.1) is 0 Å². The fourth-order valence-electron chi connectivity index (χ4n) is 3.59. The van der Waals surface area contributed by atoms with Crippen LogP contribution in [-0.2, 0) is 12.8 Å². The van der Waals surface area contributed by atoms with Crippen molar-refractivity contribution in [3.05, 3.63) is 83.1 Å². The minimum Gasteiger partial charge on any atom is -0.361 e. The van der Waals surface area contributed by atoms with Crippen molar-refractivity contribution < 1.29 is 9.59 Å². The Morgan fingerprint density at radius 3 is 2.83 bits per heavy atom. The van der Waals surface area contributed by atoms with Crippen molar-refractivity contribution in [3.63, 3.8) is 0 Å². The summed E-state index contributed by atoms with van der Waals surface area (Å²) in [4.78, 5) is 32.8. The van der Waals surface area contributed by atoms with E-state index in [0.29, 0.717) is 30.5 Å². The molecule has 30 heavy (non-hydrogen) atoms. The lowest BCUT2D eigenvalue weighted by molar-refractivity contribution is 0.0958. The van der Waals surface area contributed by atoms with Crippen molar-refractivity contribution in [2.24, 2.45) is 0 Å². The number of ketones is 1. The summed E-state index contributed by atoms with van der Waals surface area (Å²) in [5, 5.41) is 10.5. The molecule has 152 valence electrons. The summed E-state index contributed by atoms with van der Waals surface area (Å²) < 4.78 is 0. The zero-order chi connectivity index (χ0) is 20.9. The van der Waals surface area contributed by atoms with Gasteiger partial charge in [-0.25, -0.2) is 4.98 Å². The third-order valence-electron chi connectivity index (χ3n) is 5.13. The molecule has 3 aromatic heterocycles. The number of H-pyrrole nitrogens is 2. The second-order valence-corrected chi connectivity index (χ2v) is 7.20. The number of aromatic nitrogens is 4. The van der Waals surface area contributed by atoms with Crippen LogP contribution in [0.15, 0.2) is 54.9 Å². The van der Waals surface area contributed by atoms with Gasteiger partial charge in [0.25, 0.3) is 5.91 Å². The summed E-state index contributed by atoms with van der Waals surface area (Å²) in [6, 6.07) is 13.3. The van der Waals surface area contributed by atoms with Crippen molar-refractivity contribution in [1.82, 2.24) is 25.5 Å². The van der Waals surface area contributed by atoms with Gasteiger partial charge in [-0.1, -0.05) is 12.1 Å². The molecule has 3 heterocycles. The Labute approximate surface area is 173 Å². The second-order valence-electron chi connectivity index (χ2n) is 7.20. The average Bonchev–Trinajstić information content (AvgIpc) is 3.45. The van der Waals surface area contributed by atoms with E-state index in [1.165, 1.54) is 0 Å². The molecule has 4 rings (SSSR count). The molecular formula is C23H23N5O2. The Morgan fingerprint density at radius 1 is 1.13 bits per heavy atom. The Kier molecular flexibility index (Phi) is 5.70. The zero-order valence-corrected chi connectivity index (χ0v) is 16.7. The van der Waals surface area contributed by atoms with E-state index in [-0.39, 0.29) is 17.4 Å². The minimum atomic E-state index is -0.303. The van der Waals surface area contributed by atoms with E-state index in [1.807, 2.05) is 36.5 Å². The predicted octanol–water partition coefficient (Wildman–Crippen LogP) is 3.44. The molecule has 1 aromatic carbocycles. The SMILES string of the molecule is CNC(=O)c1cc(C(=O)CCCc2ccn[nH]2)cc(Cc2cccc3[nH]ccc23)n1. The maximum atomic E-state index is 12.8. The molecule has 0 aliphatic rings. The first-order valence-electron chi connectivity index (χ1n) is 9.93. The molecule has 3 N–H and O–H groups in total. The molecule has 0 atom stereocenters. The summed E-state index contributed by atoms with van der Waals surface area (Å²) in [5.74, 6) is -0.300. The lowest BCUT2D eigenvalue weighted by atomic mass is 10.00. The molecule has 0 saturated heterocycles. The van der Waals surface area contributed by atoms with E-state index in [0.717, 1.165) is 28.6 Å². The van der Waals surface area contributed by atoms with Crippen LogP contribution in [0.2, 0.25) is 0 Å². The van der Waals surface area contributed by atoms with E-state index in [9.17, 15) is 9.59 Å². The number of nitrogens with zero attached hydrogens (tertiary/aromatic N) is 2. The maximum Gasteiger partial charge on any atom is 0.269 e. The van der Waals surface area contributed by atoms with Crippen molar-refractivity contribution in [2.75, 3.05) is 7.05 Å². The number of carbonyl (C=O) groups excluding carboxylic acids is 2. The molecule has 0 saturated carbocycles. The first-order valence-corrected chi connectivity index (χ1v) is 9.93. The molecule has 4 aromatic rings. The highest BCUT2D eigenvalue weighted by molar-refractivity contribution is 5.99. The fraction of sp³-hybridized carbons (Fsp3) is 0.217. The van der Waals surface area contributed by atoms with Crippen molar-refractivity contribution in [3.8, 4) is 0 Å². The van der Waals surface area contributed by atoms with E-state index < -0.39 is 0 Å². The van der Waals surface area contributed by atoms with Crippen LogP contribution in [0.4, 0.5) is 0 Å². The summed E-state index contributed by atoms with van der Waals surface area (Å²) in [5.41, 5.74) is 4.61. The summed E-state index contributed by atoms with van der Waals surface area (Å²) >= 11 is 0. The lowest BCUT2D eigenvalue weighted by Gasteiger charge is -2.09. The molecule has 0 aliphatic heterocycles. The van der Waals surface area contributed by atoms with Crippen LogP contribution in [0.1, 0.15) is 50.6 Å². The number of aryl methyl sites for hydroxylation is 1. The highest BCUT2D eigenvalue weighted by Gasteiger charge is 2.15. The molecule has 0 bridgehead atoms. The first kappa shape index (κ1) is 19.6. The number of carbonyl (C=O) groups is 2. The van der Waals surface area contributed by atoms with Gasteiger partial charge in [-0.05, 0) is 48.7 Å². The van der Waals surface area contributed by atoms with Gasteiger partial charge in [0.2, 0.25) is 0 Å². The van der Waals surface area contributed by atoms with Crippen LogP contribution < -0.4 is 5.32 Å². The zero-order valence-electron chi connectivity index (χ0n) is 16.7. The highest BCUT2D eigenvalue weighted by atomic mass is 16.1. The van der Waals surface area contributed by atoms with E-state index in [1.54, 1.807) is 25.4 Å². The summed E-state index contributed by atoms with van der Waals surface area (Å²) in [7, 11) is 1.56. The average molecular weight is 401 g/mol. The van der Waals surface area contributed by atoms with Gasteiger partial charge in [0.05, 0.1) is 0 Å². The normalized spacial score (nSPS) is 11.0.